The molecule has 0 N–H and O–H groups in total. The quantitative estimate of drug-likeness (QED) is 0.742. The van der Waals surface area contributed by atoms with Gasteiger partial charge in [0.25, 0.3) is 0 Å². The van der Waals surface area contributed by atoms with Crippen LogP contribution in [0.25, 0.3) is 0 Å². The Hall–Kier alpha value is -1.68. The van der Waals surface area contributed by atoms with Crippen LogP contribution in [0, 0.1) is 5.82 Å². The molecule has 0 spiro atoms. The highest BCUT2D eigenvalue weighted by atomic mass is 79.9. The van der Waals surface area contributed by atoms with Crippen LogP contribution in [-0.2, 0) is 0 Å². The van der Waals surface area contributed by atoms with Gasteiger partial charge in [-0.15, -0.1) is 0 Å². The zero-order chi connectivity index (χ0) is 13.8. The molecule has 2 rings (SSSR count). The van der Waals surface area contributed by atoms with E-state index >= 15 is 0 Å². The van der Waals surface area contributed by atoms with Crippen LogP contribution in [0.5, 0.6) is 11.5 Å². The molecule has 0 amide bonds. The zero-order valence-corrected chi connectivity index (χ0v) is 11.9. The van der Waals surface area contributed by atoms with Crippen LogP contribution >= 0.6 is 15.9 Å². The summed E-state index contributed by atoms with van der Waals surface area (Å²) < 4.78 is 19.4. The van der Waals surface area contributed by atoms with Gasteiger partial charge in [-0.1, -0.05) is 19.1 Å². The molecule has 2 aromatic rings. The SMILES string of the molecule is CCC(=O)c1ccccc1Oc1ccc(Br)c(F)c1. The number of ether oxygens (including phenoxy) is 1. The third-order valence-electron chi connectivity index (χ3n) is 2.63. The normalized spacial score (nSPS) is 10.3. The number of para-hydroxylation sites is 1. The largest absolute Gasteiger partial charge is 0.457 e. The van der Waals surface area contributed by atoms with E-state index in [1.807, 2.05) is 0 Å². The summed E-state index contributed by atoms with van der Waals surface area (Å²) in [5.41, 5.74) is 0.508. The first-order valence-electron chi connectivity index (χ1n) is 5.87. The number of hydrogen-bond acceptors (Lipinski definition) is 2. The number of ketones is 1. The van der Waals surface area contributed by atoms with Crippen molar-refractivity contribution in [3.8, 4) is 11.5 Å². The number of carbonyl (C=O) groups excluding carboxylic acids is 1. The molecule has 2 aromatic carbocycles. The van der Waals surface area contributed by atoms with Crippen molar-refractivity contribution >= 4 is 21.7 Å². The molecule has 98 valence electrons. The fourth-order valence-corrected chi connectivity index (χ4v) is 1.89. The average Bonchev–Trinajstić information content (AvgIpc) is 2.43. The molecule has 0 aliphatic carbocycles. The van der Waals surface area contributed by atoms with E-state index in [4.69, 9.17) is 4.74 Å². The Morgan fingerprint density at radius 3 is 2.68 bits per heavy atom. The summed E-state index contributed by atoms with van der Waals surface area (Å²) in [6.45, 7) is 1.79. The Bertz CT molecular complexity index is 611. The van der Waals surface area contributed by atoms with E-state index < -0.39 is 5.82 Å². The minimum atomic E-state index is -0.406. The fraction of sp³-hybridized carbons (Fsp3) is 0.133. The summed E-state index contributed by atoms with van der Waals surface area (Å²) >= 11 is 3.08. The lowest BCUT2D eigenvalue weighted by Gasteiger charge is -2.10. The maximum Gasteiger partial charge on any atom is 0.166 e. The number of halogens is 2. The smallest absolute Gasteiger partial charge is 0.166 e. The number of carbonyl (C=O) groups is 1. The van der Waals surface area contributed by atoms with Crippen molar-refractivity contribution in [3.05, 3.63) is 58.3 Å². The summed E-state index contributed by atoms with van der Waals surface area (Å²) in [6.07, 6.45) is 0.398. The summed E-state index contributed by atoms with van der Waals surface area (Å²) in [5, 5.41) is 0. The van der Waals surface area contributed by atoms with Crippen LogP contribution in [0.4, 0.5) is 4.39 Å². The number of Topliss-reactive ketones (excluding diaryl/α,β-unsaturated/α-hetero) is 1. The Kier molecular flexibility index (Phi) is 4.32. The lowest BCUT2D eigenvalue weighted by Crippen LogP contribution is -1.99. The standard InChI is InChI=1S/C15H12BrFO2/c1-2-14(18)11-5-3-4-6-15(11)19-10-7-8-12(16)13(17)9-10/h3-9H,2H2,1H3. The van der Waals surface area contributed by atoms with Crippen LogP contribution in [0.2, 0.25) is 0 Å². The minimum absolute atomic E-state index is 0.00631. The van der Waals surface area contributed by atoms with Crippen LogP contribution in [0.3, 0.4) is 0 Å². The van der Waals surface area contributed by atoms with Gasteiger partial charge >= 0.3 is 0 Å². The molecule has 0 atom stereocenters. The molecule has 0 saturated carbocycles. The van der Waals surface area contributed by atoms with Crippen molar-refractivity contribution in [2.24, 2.45) is 0 Å². The van der Waals surface area contributed by atoms with Gasteiger partial charge < -0.3 is 4.74 Å². The summed E-state index contributed by atoms with van der Waals surface area (Å²) in [5.74, 6) is 0.387. The summed E-state index contributed by atoms with van der Waals surface area (Å²) in [7, 11) is 0. The zero-order valence-electron chi connectivity index (χ0n) is 10.3. The topological polar surface area (TPSA) is 26.3 Å². The van der Waals surface area contributed by atoms with E-state index in [0.29, 0.717) is 28.0 Å². The van der Waals surface area contributed by atoms with Gasteiger partial charge in [0.2, 0.25) is 0 Å². The van der Waals surface area contributed by atoms with Crippen molar-refractivity contribution in [2.75, 3.05) is 0 Å². The molecule has 0 bridgehead atoms. The Morgan fingerprint density at radius 2 is 2.00 bits per heavy atom. The van der Waals surface area contributed by atoms with Gasteiger partial charge in [-0.25, -0.2) is 4.39 Å². The second kappa shape index (κ2) is 5.97. The van der Waals surface area contributed by atoms with Gasteiger partial charge in [0, 0.05) is 12.5 Å². The van der Waals surface area contributed by atoms with Crippen LogP contribution in [0.1, 0.15) is 23.7 Å². The van der Waals surface area contributed by atoms with E-state index in [1.165, 1.54) is 6.07 Å². The number of rotatable bonds is 4. The third-order valence-corrected chi connectivity index (χ3v) is 3.27. The molecular weight excluding hydrogens is 311 g/mol. The van der Waals surface area contributed by atoms with E-state index in [0.717, 1.165) is 0 Å². The van der Waals surface area contributed by atoms with E-state index in [2.05, 4.69) is 15.9 Å². The second-order valence-electron chi connectivity index (χ2n) is 3.95. The van der Waals surface area contributed by atoms with Gasteiger partial charge in [-0.05, 0) is 40.2 Å². The number of hydrogen-bond donors (Lipinski definition) is 0. The van der Waals surface area contributed by atoms with Crippen molar-refractivity contribution in [1.82, 2.24) is 0 Å². The monoisotopic (exact) mass is 322 g/mol. The van der Waals surface area contributed by atoms with Gasteiger partial charge in [-0.2, -0.15) is 0 Å². The predicted octanol–water partition coefficient (Wildman–Crippen LogP) is 4.97. The van der Waals surface area contributed by atoms with Crippen LogP contribution < -0.4 is 4.74 Å². The predicted molar refractivity (Wildman–Crippen MR) is 75.2 cm³/mol. The first kappa shape index (κ1) is 13.7. The van der Waals surface area contributed by atoms with E-state index in [1.54, 1.807) is 43.3 Å². The first-order valence-corrected chi connectivity index (χ1v) is 6.66. The molecule has 0 saturated heterocycles. The minimum Gasteiger partial charge on any atom is -0.457 e. The van der Waals surface area contributed by atoms with Crippen molar-refractivity contribution in [2.45, 2.75) is 13.3 Å². The van der Waals surface area contributed by atoms with Gasteiger partial charge in [-0.3, -0.25) is 4.79 Å². The van der Waals surface area contributed by atoms with Crippen molar-refractivity contribution in [3.63, 3.8) is 0 Å². The third kappa shape index (κ3) is 3.20. The molecular formula is C15H12BrFO2. The Labute approximate surface area is 119 Å². The van der Waals surface area contributed by atoms with E-state index in [-0.39, 0.29) is 5.78 Å². The lowest BCUT2D eigenvalue weighted by atomic mass is 10.1. The maximum absolute atomic E-state index is 13.4. The molecule has 0 aromatic heterocycles. The van der Waals surface area contributed by atoms with Gasteiger partial charge in [0.05, 0.1) is 10.0 Å². The summed E-state index contributed by atoms with van der Waals surface area (Å²) in [4.78, 5) is 11.8. The van der Waals surface area contributed by atoms with Gasteiger partial charge in [0.15, 0.2) is 5.78 Å². The molecule has 0 heterocycles. The summed E-state index contributed by atoms with van der Waals surface area (Å²) in [6, 6.07) is 11.4. The molecule has 0 aliphatic heterocycles. The maximum atomic E-state index is 13.4. The van der Waals surface area contributed by atoms with Gasteiger partial charge in [0.1, 0.15) is 17.3 Å². The second-order valence-corrected chi connectivity index (χ2v) is 4.81. The molecule has 4 heteroatoms. The highest BCUT2D eigenvalue weighted by Crippen LogP contribution is 2.28. The average molecular weight is 323 g/mol. The van der Waals surface area contributed by atoms with Crippen molar-refractivity contribution < 1.29 is 13.9 Å². The van der Waals surface area contributed by atoms with Crippen molar-refractivity contribution in [1.29, 1.82) is 0 Å². The highest BCUT2D eigenvalue weighted by Gasteiger charge is 2.11. The Morgan fingerprint density at radius 1 is 1.26 bits per heavy atom. The lowest BCUT2D eigenvalue weighted by molar-refractivity contribution is 0.0986. The Balaban J connectivity index is 2.32. The number of benzene rings is 2. The molecule has 19 heavy (non-hydrogen) atoms. The van der Waals surface area contributed by atoms with Crippen LogP contribution in [-0.4, -0.2) is 5.78 Å². The highest BCUT2D eigenvalue weighted by molar-refractivity contribution is 9.10. The van der Waals surface area contributed by atoms with Crippen LogP contribution in [0.15, 0.2) is 46.9 Å². The molecule has 0 aliphatic rings. The molecule has 0 unspecified atom stereocenters. The van der Waals surface area contributed by atoms with E-state index in [9.17, 15) is 9.18 Å². The molecule has 2 nitrogen and oxygen atoms in total. The fourth-order valence-electron chi connectivity index (χ4n) is 1.64. The molecule has 0 fully saturated rings. The first-order chi connectivity index (χ1) is 9.11. The molecule has 0 radical (unpaired) electrons.